The maximum Gasteiger partial charge on any atom is 0.298 e. The molecule has 1 unspecified atom stereocenters. The molecule has 0 aromatic carbocycles. The molecule has 0 aliphatic rings. The van der Waals surface area contributed by atoms with Crippen molar-refractivity contribution in [2.75, 3.05) is 5.75 Å². The molecule has 0 saturated heterocycles. The van der Waals surface area contributed by atoms with Crippen LogP contribution in [0.2, 0.25) is 0 Å². The second-order valence-corrected chi connectivity index (χ2v) is 3.90. The summed E-state index contributed by atoms with van der Waals surface area (Å²) in [7, 11) is 0. The first-order chi connectivity index (χ1) is 7.61. The van der Waals surface area contributed by atoms with E-state index < -0.39 is 11.1 Å². The van der Waals surface area contributed by atoms with Crippen molar-refractivity contribution in [3.05, 3.63) is 35.3 Å². The Kier molecular flexibility index (Phi) is 4.81. The first-order valence-electron chi connectivity index (χ1n) is 4.41. The van der Waals surface area contributed by atoms with Gasteiger partial charge in [0.2, 0.25) is 0 Å². The van der Waals surface area contributed by atoms with Gasteiger partial charge in [-0.25, -0.2) is 0 Å². The minimum atomic E-state index is -2.29. The highest BCUT2D eigenvalue weighted by molar-refractivity contribution is 7.79. The van der Waals surface area contributed by atoms with Crippen molar-refractivity contribution in [2.24, 2.45) is 0 Å². The third-order valence-corrected chi connectivity index (χ3v) is 2.23. The van der Waals surface area contributed by atoms with Crippen LogP contribution < -0.4 is 0 Å². The fraction of sp³-hybridized carbons (Fsp3) is 0.200. The van der Waals surface area contributed by atoms with Crippen LogP contribution in [0.15, 0.2) is 24.1 Å². The average Bonchev–Trinajstić information content (AvgIpc) is 2.16. The molecule has 1 atom stereocenters. The Morgan fingerprint density at radius 3 is 3.00 bits per heavy atom. The van der Waals surface area contributed by atoms with Gasteiger partial charge in [-0.2, -0.15) is 0 Å². The lowest BCUT2D eigenvalue weighted by Gasteiger charge is -2.07. The molecule has 0 saturated carbocycles. The largest absolute Gasteiger partial charge is 0.772 e. The van der Waals surface area contributed by atoms with Crippen molar-refractivity contribution in [1.29, 1.82) is 0 Å². The van der Waals surface area contributed by atoms with Crippen molar-refractivity contribution in [3.8, 4) is 0 Å². The van der Waals surface area contributed by atoms with Crippen LogP contribution in [0.3, 0.4) is 0 Å². The van der Waals surface area contributed by atoms with E-state index in [1.807, 2.05) is 6.92 Å². The summed E-state index contributed by atoms with van der Waals surface area (Å²) < 4.78 is 25.5. The van der Waals surface area contributed by atoms with E-state index in [0.717, 1.165) is 11.3 Å². The predicted octanol–water partition coefficient (Wildman–Crippen LogP) is 0.783. The Morgan fingerprint density at radius 1 is 1.69 bits per heavy atom. The van der Waals surface area contributed by atoms with Gasteiger partial charge in [-0.15, -0.1) is 0 Å². The molecule has 1 aromatic heterocycles. The van der Waals surface area contributed by atoms with E-state index >= 15 is 0 Å². The van der Waals surface area contributed by atoms with Crippen LogP contribution in [0, 0.1) is 6.92 Å². The van der Waals surface area contributed by atoms with Gasteiger partial charge >= 0.3 is 0 Å². The van der Waals surface area contributed by atoms with Crippen LogP contribution in [-0.4, -0.2) is 26.0 Å². The molecule has 1 aromatic rings. The smallest absolute Gasteiger partial charge is 0.298 e. The number of carbonyl (C=O) groups is 1. The van der Waals surface area contributed by atoms with E-state index in [9.17, 15) is 13.6 Å². The second kappa shape index (κ2) is 6.14. The molecule has 5 nitrogen and oxygen atoms in total. The number of nitrogens with zero attached hydrogens (tertiary/aromatic N) is 1. The summed E-state index contributed by atoms with van der Waals surface area (Å²) >= 11 is -2.29. The van der Waals surface area contributed by atoms with Crippen LogP contribution in [0.1, 0.15) is 11.3 Å². The highest BCUT2D eigenvalue weighted by Crippen LogP contribution is 2.08. The molecule has 86 valence electrons. The lowest BCUT2D eigenvalue weighted by atomic mass is 10.2. The van der Waals surface area contributed by atoms with Gasteiger partial charge in [0.1, 0.15) is 5.76 Å². The van der Waals surface area contributed by atoms with Crippen molar-refractivity contribution in [2.45, 2.75) is 6.92 Å². The third kappa shape index (κ3) is 4.33. The van der Waals surface area contributed by atoms with Crippen molar-refractivity contribution in [3.63, 3.8) is 0 Å². The van der Waals surface area contributed by atoms with Gasteiger partial charge in [0.15, 0.2) is 0 Å². The summed E-state index contributed by atoms with van der Waals surface area (Å²) in [4.78, 5) is 14.2. The summed E-state index contributed by atoms with van der Waals surface area (Å²) in [5.41, 5.74) is 1.53. The van der Waals surface area contributed by atoms with Gasteiger partial charge in [0.05, 0.1) is 5.75 Å². The minimum Gasteiger partial charge on any atom is -0.772 e. The number of aryl methyl sites for hydroxylation is 1. The number of hydrogen-bond donors (Lipinski definition) is 0. The zero-order valence-corrected chi connectivity index (χ0v) is 9.40. The quantitative estimate of drug-likeness (QED) is 0.431. The number of rotatable bonds is 5. The van der Waals surface area contributed by atoms with Gasteiger partial charge in [0, 0.05) is 11.9 Å². The summed E-state index contributed by atoms with van der Waals surface area (Å²) in [5.74, 6) is -0.256. The predicted molar refractivity (Wildman–Crippen MR) is 57.9 cm³/mol. The monoisotopic (exact) mass is 240 g/mol. The molecule has 0 radical (unpaired) electrons. The Hall–Kier alpha value is -1.53. The van der Waals surface area contributed by atoms with Crippen LogP contribution in [0.25, 0.3) is 6.08 Å². The first-order valence-corrected chi connectivity index (χ1v) is 5.65. The zero-order chi connectivity index (χ0) is 12.0. The van der Waals surface area contributed by atoms with Crippen molar-refractivity contribution < 1.29 is 18.3 Å². The fourth-order valence-electron chi connectivity index (χ4n) is 1.13. The number of aromatic nitrogens is 1. The van der Waals surface area contributed by atoms with E-state index in [1.54, 1.807) is 18.3 Å². The van der Waals surface area contributed by atoms with Gasteiger partial charge in [-0.05, 0) is 41.8 Å². The minimum absolute atomic E-state index is 0.0777. The van der Waals surface area contributed by atoms with Gasteiger partial charge in [0.25, 0.3) is 6.47 Å². The number of carbonyl (C=O) groups excluding carboxylic acids is 1. The van der Waals surface area contributed by atoms with E-state index in [1.165, 1.54) is 6.08 Å². The molecule has 1 rings (SSSR count). The van der Waals surface area contributed by atoms with Crippen LogP contribution in [0.4, 0.5) is 0 Å². The maximum absolute atomic E-state index is 10.5. The molecule has 0 amide bonds. The fourth-order valence-corrected chi connectivity index (χ4v) is 1.51. The second-order valence-electron chi connectivity index (χ2n) is 3.00. The van der Waals surface area contributed by atoms with E-state index in [2.05, 4.69) is 9.72 Å². The van der Waals surface area contributed by atoms with Gasteiger partial charge in [-0.3, -0.25) is 14.0 Å². The van der Waals surface area contributed by atoms with Gasteiger partial charge < -0.3 is 9.29 Å². The average molecular weight is 240 g/mol. The summed E-state index contributed by atoms with van der Waals surface area (Å²) in [5, 5.41) is 0. The first kappa shape index (κ1) is 12.5. The summed E-state index contributed by atoms with van der Waals surface area (Å²) in [6, 6.07) is 3.44. The lowest BCUT2D eigenvalue weighted by molar-refractivity contribution is -0.124. The molecular formula is C10H10NO4S-. The van der Waals surface area contributed by atoms with Crippen LogP contribution in [0.5, 0.6) is 0 Å². The normalized spacial score (nSPS) is 13.2. The van der Waals surface area contributed by atoms with Crippen molar-refractivity contribution >= 4 is 23.6 Å². The lowest BCUT2D eigenvalue weighted by Crippen LogP contribution is -2.02. The standard InChI is InChI=1S/C10H11NO4S/c1-8-4-9(2-3-11-8)5-10(15-7-12)6-16(13)14/h2-5,7H,6H2,1H3,(H,13,14)/p-1/b10-5-. The SMILES string of the molecule is Cc1cc(/C=C(/CS(=O)[O-])OC=O)ccn1. The van der Waals surface area contributed by atoms with E-state index in [0.29, 0.717) is 0 Å². The molecule has 6 heteroatoms. The molecule has 0 bridgehead atoms. The topological polar surface area (TPSA) is 79.3 Å². The maximum atomic E-state index is 10.5. The molecule has 1 heterocycles. The Morgan fingerprint density at radius 2 is 2.44 bits per heavy atom. The van der Waals surface area contributed by atoms with Crippen LogP contribution in [-0.2, 0) is 20.6 Å². The van der Waals surface area contributed by atoms with Gasteiger partial charge in [-0.1, -0.05) is 0 Å². The molecule has 0 aliphatic heterocycles. The molecule has 0 N–H and O–H groups in total. The Balaban J connectivity index is 2.91. The third-order valence-electron chi connectivity index (χ3n) is 1.71. The highest BCUT2D eigenvalue weighted by atomic mass is 32.2. The van der Waals surface area contributed by atoms with E-state index in [-0.39, 0.29) is 18.0 Å². The highest BCUT2D eigenvalue weighted by Gasteiger charge is 2.00. The molecular weight excluding hydrogens is 230 g/mol. The number of ether oxygens (including phenoxy) is 1. The molecule has 0 fully saturated rings. The Labute approximate surface area is 95.4 Å². The van der Waals surface area contributed by atoms with E-state index in [4.69, 9.17) is 0 Å². The summed E-state index contributed by atoms with van der Waals surface area (Å²) in [6.07, 6.45) is 3.08. The van der Waals surface area contributed by atoms with Crippen molar-refractivity contribution in [1.82, 2.24) is 4.98 Å². The molecule has 0 aliphatic carbocycles. The molecule has 16 heavy (non-hydrogen) atoms. The molecule has 0 spiro atoms. The summed E-state index contributed by atoms with van der Waals surface area (Å²) in [6.45, 7) is 2.01. The zero-order valence-electron chi connectivity index (χ0n) is 8.58. The Bertz CT molecular complexity index is 431. The van der Waals surface area contributed by atoms with Crippen LogP contribution >= 0.6 is 0 Å². The number of hydrogen-bond acceptors (Lipinski definition) is 5. The number of pyridine rings is 1.